The summed E-state index contributed by atoms with van der Waals surface area (Å²) in [6, 6.07) is -0.856. The first-order chi connectivity index (χ1) is 36.4. The quantitative estimate of drug-likeness (QED) is 0.0156. The van der Waals surface area contributed by atoms with Crippen molar-refractivity contribution in [3.8, 4) is 0 Å². The van der Waals surface area contributed by atoms with E-state index in [0.29, 0.717) is 23.9 Å². The lowest BCUT2D eigenvalue weighted by Gasteiger charge is -2.27. The molecule has 0 fully saturated rings. The zero-order valence-electron chi connectivity index (χ0n) is 50.3. The van der Waals surface area contributed by atoms with Gasteiger partial charge in [0.15, 0.2) is 0 Å². The van der Waals surface area contributed by atoms with Gasteiger partial charge in [-0.05, 0) is 51.0 Å². The number of allylic oxidation sites excluding steroid dienone is 7. The average Bonchev–Trinajstić information content (AvgIpc) is 3.37. The molecule has 1 amide bonds. The van der Waals surface area contributed by atoms with Crippen molar-refractivity contribution in [2.45, 2.75) is 315 Å². The van der Waals surface area contributed by atoms with E-state index in [1.54, 1.807) is 0 Å². The van der Waals surface area contributed by atoms with E-state index >= 15 is 0 Å². The minimum atomic E-state index is -4.45. The summed E-state index contributed by atoms with van der Waals surface area (Å²) in [7, 11) is 1.49. The van der Waals surface area contributed by atoms with Gasteiger partial charge in [0.05, 0.1) is 33.8 Å². The normalized spacial score (nSPS) is 14.0. The highest BCUT2D eigenvalue weighted by atomic mass is 31.2. The molecule has 3 unspecified atom stereocenters. The molecular formula is C65H124N2O7P+. The third kappa shape index (κ3) is 56.5. The molecule has 0 aliphatic heterocycles. The van der Waals surface area contributed by atoms with Crippen LogP contribution in [0.4, 0.5) is 0 Å². The van der Waals surface area contributed by atoms with Gasteiger partial charge in [-0.2, -0.15) is 0 Å². The zero-order chi connectivity index (χ0) is 55.0. The molecule has 0 heterocycles. The van der Waals surface area contributed by atoms with E-state index in [-0.39, 0.29) is 25.1 Å². The summed E-state index contributed by atoms with van der Waals surface area (Å²) in [6.45, 7) is 6.89. The van der Waals surface area contributed by atoms with Crippen LogP contribution in [-0.2, 0) is 27.9 Å². The largest absolute Gasteiger partial charge is 0.472 e. The molecule has 0 radical (unpaired) electrons. The Kier molecular flexibility index (Phi) is 53.8. The Balaban J connectivity index is 5.02. The van der Waals surface area contributed by atoms with E-state index in [9.17, 15) is 19.0 Å². The number of phosphoric acid groups is 1. The Morgan fingerprint density at radius 1 is 0.480 bits per heavy atom. The van der Waals surface area contributed by atoms with Crippen molar-refractivity contribution in [1.82, 2.24) is 5.32 Å². The number of esters is 1. The molecule has 0 rings (SSSR count). The molecular weight excluding hydrogens is 952 g/mol. The van der Waals surface area contributed by atoms with Crippen LogP contribution in [0.25, 0.3) is 0 Å². The zero-order valence-corrected chi connectivity index (χ0v) is 51.2. The second-order valence-corrected chi connectivity index (χ2v) is 24.4. The lowest BCUT2D eigenvalue weighted by atomic mass is 10.0. The van der Waals surface area contributed by atoms with Crippen LogP contribution in [0.15, 0.2) is 48.6 Å². The van der Waals surface area contributed by atoms with Gasteiger partial charge < -0.3 is 19.4 Å². The molecule has 0 saturated heterocycles. The van der Waals surface area contributed by atoms with Crippen molar-refractivity contribution in [2.75, 3.05) is 40.9 Å². The lowest BCUT2D eigenvalue weighted by Crippen LogP contribution is -2.47. The fourth-order valence-electron chi connectivity index (χ4n) is 9.41. The standard InChI is InChI=1S/C65H123N2O7P/c1-7-10-13-16-19-22-25-27-28-29-30-31-32-33-34-35-36-37-38-40-43-46-49-52-55-58-65(69)74-63(56-53-50-47-44-41-24-21-18-15-12-9-3)62(61-73-75(70,71)72-60-59-67(4,5)6)66-64(68)57-54-51-48-45-42-39-26-23-20-17-14-11-8-2/h11,14,17,20,23,26,53,56,62-63H,7-10,12-13,15-16,18-19,21-22,24-25,27-52,54-55,57-61H2,1-6H3,(H-,66,68,70,71)/p+1/b14-11+,20-17+,26-23-,56-53-. The summed E-state index contributed by atoms with van der Waals surface area (Å²) in [5.74, 6) is -0.519. The molecule has 2 N–H and O–H groups in total. The summed E-state index contributed by atoms with van der Waals surface area (Å²) in [4.78, 5) is 37.6. The highest BCUT2D eigenvalue weighted by Gasteiger charge is 2.30. The molecule has 0 bridgehead atoms. The fourth-order valence-corrected chi connectivity index (χ4v) is 10.1. The molecule has 0 aromatic rings. The van der Waals surface area contributed by atoms with Gasteiger partial charge in [0.2, 0.25) is 5.91 Å². The third-order valence-corrected chi connectivity index (χ3v) is 15.3. The molecule has 0 saturated carbocycles. The van der Waals surface area contributed by atoms with Gasteiger partial charge >= 0.3 is 13.8 Å². The van der Waals surface area contributed by atoms with E-state index in [1.165, 1.54) is 186 Å². The number of likely N-dealkylation sites (N-methyl/N-ethyl adjacent to an activating group) is 1. The van der Waals surface area contributed by atoms with Crippen LogP contribution in [0.5, 0.6) is 0 Å². The number of phosphoric ester groups is 1. The van der Waals surface area contributed by atoms with Gasteiger partial charge in [-0.1, -0.05) is 288 Å². The maximum absolute atomic E-state index is 13.5. The van der Waals surface area contributed by atoms with E-state index in [1.807, 2.05) is 33.3 Å². The van der Waals surface area contributed by atoms with Gasteiger partial charge in [-0.15, -0.1) is 0 Å². The molecule has 9 nitrogen and oxygen atoms in total. The average molecular weight is 1080 g/mol. The Hall–Kier alpha value is -2.03. The maximum Gasteiger partial charge on any atom is 0.472 e. The van der Waals surface area contributed by atoms with E-state index in [0.717, 1.165) is 83.5 Å². The summed E-state index contributed by atoms with van der Waals surface area (Å²) in [5, 5.41) is 3.04. The monoisotopic (exact) mass is 1080 g/mol. The van der Waals surface area contributed by atoms with E-state index in [4.69, 9.17) is 13.8 Å². The summed E-state index contributed by atoms with van der Waals surface area (Å²) >= 11 is 0. The minimum Gasteiger partial charge on any atom is -0.456 e. The van der Waals surface area contributed by atoms with Crippen molar-refractivity contribution in [1.29, 1.82) is 0 Å². The van der Waals surface area contributed by atoms with Crippen LogP contribution >= 0.6 is 7.82 Å². The number of nitrogens with zero attached hydrogens (tertiary/aromatic N) is 1. The Morgan fingerprint density at radius 2 is 0.853 bits per heavy atom. The van der Waals surface area contributed by atoms with Crippen molar-refractivity contribution in [3.05, 3.63) is 48.6 Å². The van der Waals surface area contributed by atoms with Crippen LogP contribution in [0.3, 0.4) is 0 Å². The number of ether oxygens (including phenoxy) is 1. The van der Waals surface area contributed by atoms with Crippen molar-refractivity contribution in [3.63, 3.8) is 0 Å². The number of carbonyl (C=O) groups is 2. The van der Waals surface area contributed by atoms with Crippen molar-refractivity contribution >= 4 is 19.7 Å². The van der Waals surface area contributed by atoms with Crippen LogP contribution < -0.4 is 5.32 Å². The first-order valence-corrected chi connectivity index (χ1v) is 33.5. The molecule has 10 heteroatoms. The predicted octanol–water partition coefficient (Wildman–Crippen LogP) is 19.7. The van der Waals surface area contributed by atoms with E-state index in [2.05, 4.69) is 62.5 Å². The van der Waals surface area contributed by atoms with E-state index < -0.39 is 20.0 Å². The lowest BCUT2D eigenvalue weighted by molar-refractivity contribution is -0.870. The molecule has 3 atom stereocenters. The molecule has 440 valence electrons. The molecule has 0 aliphatic carbocycles. The molecule has 0 aliphatic rings. The Labute approximate surface area is 465 Å². The highest BCUT2D eigenvalue weighted by Crippen LogP contribution is 2.43. The summed E-state index contributed by atoms with van der Waals surface area (Å²) < 4.78 is 30.6. The molecule has 0 spiro atoms. The van der Waals surface area contributed by atoms with Gasteiger partial charge in [0.1, 0.15) is 19.3 Å². The number of quaternary nitrogens is 1. The number of hydrogen-bond acceptors (Lipinski definition) is 6. The first kappa shape index (κ1) is 73.0. The van der Waals surface area contributed by atoms with Gasteiger partial charge in [0, 0.05) is 12.8 Å². The second kappa shape index (κ2) is 55.3. The SMILES string of the molecule is CC/C=C/C=C/C=C\CCCCCCCC(=O)NC(COP(=O)(O)OCC[N+](C)(C)C)C(/C=C\CCCCCCCCCCC)OC(=O)CCCCCCCCCCCCCCCCCCCCCCCCCCC. The predicted molar refractivity (Wildman–Crippen MR) is 323 cm³/mol. The topological polar surface area (TPSA) is 111 Å². The molecule has 0 aromatic heterocycles. The third-order valence-electron chi connectivity index (χ3n) is 14.3. The molecule has 75 heavy (non-hydrogen) atoms. The maximum atomic E-state index is 13.5. The number of hydrogen-bond donors (Lipinski definition) is 2. The van der Waals surface area contributed by atoms with Gasteiger partial charge in [0.25, 0.3) is 0 Å². The van der Waals surface area contributed by atoms with Crippen LogP contribution in [0.1, 0.15) is 303 Å². The highest BCUT2D eigenvalue weighted by molar-refractivity contribution is 7.47. The van der Waals surface area contributed by atoms with Crippen molar-refractivity contribution in [2.24, 2.45) is 0 Å². The van der Waals surface area contributed by atoms with Crippen LogP contribution in [-0.4, -0.2) is 74.3 Å². The summed E-state index contributed by atoms with van der Waals surface area (Å²) in [5.41, 5.74) is 0. The van der Waals surface area contributed by atoms with Gasteiger partial charge in [-0.3, -0.25) is 18.6 Å². The Morgan fingerprint density at radius 3 is 1.27 bits per heavy atom. The number of amides is 1. The number of unbranched alkanes of at least 4 members (excludes halogenated alkanes) is 38. The molecule has 0 aromatic carbocycles. The Bertz CT molecular complexity index is 1420. The minimum absolute atomic E-state index is 0.0367. The summed E-state index contributed by atoms with van der Waals surface area (Å²) in [6.07, 6.45) is 68.5. The second-order valence-electron chi connectivity index (χ2n) is 23.0. The number of rotatable bonds is 58. The van der Waals surface area contributed by atoms with Gasteiger partial charge in [-0.25, -0.2) is 4.57 Å². The van der Waals surface area contributed by atoms with Crippen LogP contribution in [0.2, 0.25) is 0 Å². The van der Waals surface area contributed by atoms with Crippen LogP contribution in [0, 0.1) is 0 Å². The van der Waals surface area contributed by atoms with Crippen molar-refractivity contribution < 1.29 is 37.3 Å². The number of nitrogens with one attached hydrogen (secondary N) is 1. The first-order valence-electron chi connectivity index (χ1n) is 32.0. The fraction of sp³-hybridized carbons (Fsp3) is 0.846. The smallest absolute Gasteiger partial charge is 0.456 e. The number of carbonyl (C=O) groups excluding carboxylic acids is 2.